The molecule has 7 unspecified atom stereocenters. The summed E-state index contributed by atoms with van der Waals surface area (Å²) >= 11 is 0. The highest BCUT2D eigenvalue weighted by Gasteiger charge is 2.58. The molecule has 4 fully saturated rings. The van der Waals surface area contributed by atoms with Crippen LogP contribution in [-0.4, -0.2) is 19.3 Å². The van der Waals surface area contributed by atoms with E-state index in [0.29, 0.717) is 6.61 Å². The zero-order valence-corrected chi connectivity index (χ0v) is 16.9. The molecule has 0 N–H and O–H groups in total. The van der Waals surface area contributed by atoms with Crippen LogP contribution in [0, 0.1) is 35.0 Å². The van der Waals surface area contributed by atoms with Crippen molar-refractivity contribution in [1.29, 1.82) is 0 Å². The Bertz CT molecular complexity index is 599. The van der Waals surface area contributed by atoms with Gasteiger partial charge in [0.1, 0.15) is 18.5 Å². The van der Waals surface area contributed by atoms with Crippen LogP contribution in [0.25, 0.3) is 0 Å². The smallest absolute Gasteiger partial charge is 0.122 e. The van der Waals surface area contributed by atoms with Gasteiger partial charge in [-0.15, -0.1) is 0 Å². The summed E-state index contributed by atoms with van der Waals surface area (Å²) in [6.07, 6.45) is 15.2. The lowest BCUT2D eigenvalue weighted by atomic mass is 9.60. The van der Waals surface area contributed by atoms with E-state index >= 15 is 0 Å². The Hall–Kier alpha value is -1.02. The fourth-order valence-electron chi connectivity index (χ4n) is 6.77. The molecule has 2 bridgehead atoms. The van der Waals surface area contributed by atoms with Gasteiger partial charge >= 0.3 is 0 Å². The maximum Gasteiger partial charge on any atom is 0.122 e. The van der Waals surface area contributed by atoms with Crippen LogP contribution in [0.1, 0.15) is 59.3 Å². The minimum Gasteiger partial charge on any atom is -0.491 e. The van der Waals surface area contributed by atoms with E-state index in [-0.39, 0.29) is 11.5 Å². The third-order valence-electron chi connectivity index (χ3n) is 8.21. The molecule has 0 spiro atoms. The van der Waals surface area contributed by atoms with Crippen molar-refractivity contribution >= 4 is 0 Å². The van der Waals surface area contributed by atoms with Crippen molar-refractivity contribution < 1.29 is 9.47 Å². The van der Waals surface area contributed by atoms with Crippen molar-refractivity contribution in [1.82, 2.24) is 0 Å². The zero-order valence-electron chi connectivity index (χ0n) is 16.9. The van der Waals surface area contributed by atoms with Crippen LogP contribution in [0.2, 0.25) is 0 Å². The summed E-state index contributed by atoms with van der Waals surface area (Å²) in [4.78, 5) is 0. The maximum atomic E-state index is 6.19. The van der Waals surface area contributed by atoms with Crippen LogP contribution in [-0.2, 0) is 9.47 Å². The summed E-state index contributed by atoms with van der Waals surface area (Å²) < 4.78 is 11.5. The quantitative estimate of drug-likeness (QED) is 0.306. The van der Waals surface area contributed by atoms with Crippen molar-refractivity contribution in [3.05, 3.63) is 36.1 Å². The van der Waals surface area contributed by atoms with Gasteiger partial charge in [0, 0.05) is 0 Å². The van der Waals surface area contributed by atoms with Gasteiger partial charge in [0.15, 0.2) is 0 Å². The molecule has 0 amide bonds. The van der Waals surface area contributed by atoms with Crippen molar-refractivity contribution in [2.24, 2.45) is 35.0 Å². The lowest BCUT2D eigenvalue weighted by molar-refractivity contribution is 0.0880. The Labute approximate surface area is 159 Å². The number of hydrogen-bond acceptors (Lipinski definition) is 2. The molecule has 1 aliphatic heterocycles. The summed E-state index contributed by atoms with van der Waals surface area (Å²) in [5.74, 6) is 5.74. The van der Waals surface area contributed by atoms with E-state index < -0.39 is 0 Å². The molecule has 0 radical (unpaired) electrons. The van der Waals surface area contributed by atoms with E-state index in [0.717, 1.165) is 42.0 Å². The molecule has 4 aliphatic rings. The molecule has 26 heavy (non-hydrogen) atoms. The second kappa shape index (κ2) is 7.19. The zero-order chi connectivity index (χ0) is 18.3. The van der Waals surface area contributed by atoms with Gasteiger partial charge in [-0.05, 0) is 85.7 Å². The van der Waals surface area contributed by atoms with Crippen molar-refractivity contribution in [2.75, 3.05) is 13.2 Å². The monoisotopic (exact) mass is 356 g/mol. The van der Waals surface area contributed by atoms with Crippen molar-refractivity contribution in [3.8, 4) is 0 Å². The van der Waals surface area contributed by atoms with Crippen LogP contribution in [0.4, 0.5) is 0 Å². The molecule has 2 heteroatoms. The highest BCUT2D eigenvalue weighted by molar-refractivity contribution is 5.35. The highest BCUT2D eigenvalue weighted by Crippen LogP contribution is 2.66. The number of hydrogen-bond donors (Lipinski definition) is 0. The molecule has 2 nitrogen and oxygen atoms in total. The van der Waals surface area contributed by atoms with Crippen LogP contribution in [0.5, 0.6) is 0 Å². The number of fused-ring (bicyclic) bond motifs is 5. The summed E-state index contributed by atoms with van der Waals surface area (Å²) in [6.45, 7) is 12.6. The molecule has 144 valence electrons. The lowest BCUT2D eigenvalue weighted by Gasteiger charge is -2.44. The number of ether oxygens (including phenoxy) is 2. The molecule has 3 aliphatic carbocycles. The van der Waals surface area contributed by atoms with E-state index in [2.05, 4.69) is 39.5 Å². The van der Waals surface area contributed by atoms with Crippen LogP contribution in [0.3, 0.4) is 0 Å². The Balaban J connectivity index is 1.64. The van der Waals surface area contributed by atoms with E-state index in [1.807, 2.05) is 6.08 Å². The fourth-order valence-corrected chi connectivity index (χ4v) is 6.77. The Kier molecular flexibility index (Phi) is 5.07. The van der Waals surface area contributed by atoms with E-state index in [9.17, 15) is 0 Å². The van der Waals surface area contributed by atoms with E-state index in [4.69, 9.17) is 9.47 Å². The molecule has 0 aromatic heterocycles. The average molecular weight is 357 g/mol. The predicted molar refractivity (Wildman–Crippen MR) is 107 cm³/mol. The summed E-state index contributed by atoms with van der Waals surface area (Å²) in [5, 5.41) is 0. The van der Waals surface area contributed by atoms with Gasteiger partial charge in [-0.3, -0.25) is 0 Å². The Morgan fingerprint density at radius 1 is 1.23 bits per heavy atom. The van der Waals surface area contributed by atoms with E-state index in [1.54, 1.807) is 0 Å². The van der Waals surface area contributed by atoms with Gasteiger partial charge in [-0.2, -0.15) is 0 Å². The molecule has 4 rings (SSSR count). The first-order valence-electron chi connectivity index (χ1n) is 10.9. The summed E-state index contributed by atoms with van der Waals surface area (Å²) in [5.41, 5.74) is 1.54. The molecular formula is C24H36O2. The normalized spacial score (nSPS) is 41.0. The van der Waals surface area contributed by atoms with Crippen LogP contribution < -0.4 is 0 Å². The highest BCUT2D eigenvalue weighted by atomic mass is 16.6. The first kappa shape index (κ1) is 18.3. The van der Waals surface area contributed by atoms with Gasteiger partial charge in [-0.25, -0.2) is 0 Å². The van der Waals surface area contributed by atoms with Crippen LogP contribution in [0.15, 0.2) is 36.1 Å². The molecule has 1 heterocycles. The summed E-state index contributed by atoms with van der Waals surface area (Å²) in [6, 6.07) is 0. The minimum absolute atomic E-state index is 0.174. The molecule has 0 aromatic rings. The average Bonchev–Trinajstić information content (AvgIpc) is 3.07. The van der Waals surface area contributed by atoms with E-state index in [1.165, 1.54) is 44.1 Å². The standard InChI is InChI=1S/C24H36O2/c1-5-9-21(23(6-2)26-15-17-14-25-17)24(4,7-3)22-13-16-12-20(22)19-11-8-10-18(16)19/h5-6,9,16-20,22H,2,7-8,10-15H2,1,3-4H3/b9-5-,23-21-. The third kappa shape index (κ3) is 2.99. The number of epoxide rings is 1. The van der Waals surface area contributed by atoms with Crippen molar-refractivity contribution in [2.45, 2.75) is 65.4 Å². The SMILES string of the molecule is C=C/C(OCC1CO1)=C(\C=C/C)C(C)(CC)C1CC2CC1C1CCCC21. The number of allylic oxidation sites excluding steroid dienone is 4. The topological polar surface area (TPSA) is 21.8 Å². The largest absolute Gasteiger partial charge is 0.491 e. The predicted octanol–water partition coefficient (Wildman–Crippen LogP) is 5.91. The van der Waals surface area contributed by atoms with Gasteiger partial charge in [0.2, 0.25) is 0 Å². The third-order valence-corrected chi connectivity index (χ3v) is 8.21. The first-order chi connectivity index (χ1) is 12.6. The minimum atomic E-state index is 0.174. The van der Waals surface area contributed by atoms with Crippen LogP contribution >= 0.6 is 0 Å². The number of rotatable bonds is 8. The second-order valence-corrected chi connectivity index (χ2v) is 9.28. The van der Waals surface area contributed by atoms with Gasteiger partial charge in [0.05, 0.1) is 6.61 Å². The Morgan fingerprint density at radius 3 is 2.65 bits per heavy atom. The molecule has 7 atom stereocenters. The van der Waals surface area contributed by atoms with Crippen molar-refractivity contribution in [3.63, 3.8) is 0 Å². The molecular weight excluding hydrogens is 320 g/mol. The molecule has 3 saturated carbocycles. The molecule has 1 saturated heterocycles. The van der Waals surface area contributed by atoms with Gasteiger partial charge in [-0.1, -0.05) is 39.0 Å². The Morgan fingerprint density at radius 2 is 2.00 bits per heavy atom. The van der Waals surface area contributed by atoms with Gasteiger partial charge in [0.25, 0.3) is 0 Å². The summed E-state index contributed by atoms with van der Waals surface area (Å²) in [7, 11) is 0. The molecule has 0 aromatic carbocycles. The van der Waals surface area contributed by atoms with Gasteiger partial charge < -0.3 is 9.47 Å². The fraction of sp³-hybridized carbons (Fsp3) is 0.750. The first-order valence-corrected chi connectivity index (χ1v) is 10.9. The lowest BCUT2D eigenvalue weighted by Crippen LogP contribution is -2.37. The maximum absolute atomic E-state index is 6.19. The second-order valence-electron chi connectivity index (χ2n) is 9.28.